The van der Waals surface area contributed by atoms with Crippen LogP contribution in [-0.4, -0.2) is 31.0 Å². The second-order valence-corrected chi connectivity index (χ2v) is 5.59. The summed E-state index contributed by atoms with van der Waals surface area (Å²) in [5.41, 5.74) is 2.06. The number of piperidine rings is 1. The van der Waals surface area contributed by atoms with Gasteiger partial charge in [-0.05, 0) is 49.0 Å². The SMILES string of the molecule is COc1ccc(/C(C)=C/C(=O)N2CCCC(C)C2)cc1. The molecular weight excluding hydrogens is 250 g/mol. The molecule has 1 aromatic rings. The lowest BCUT2D eigenvalue weighted by Gasteiger charge is -2.30. The lowest BCUT2D eigenvalue weighted by atomic mass is 10.00. The Bertz CT molecular complexity index is 490. The van der Waals surface area contributed by atoms with Gasteiger partial charge in [0, 0.05) is 19.2 Å². The van der Waals surface area contributed by atoms with Gasteiger partial charge in [0.2, 0.25) is 5.91 Å². The van der Waals surface area contributed by atoms with Crippen molar-refractivity contribution in [1.29, 1.82) is 0 Å². The molecular formula is C17H23NO2. The number of carbonyl (C=O) groups is 1. The third-order valence-electron chi connectivity index (χ3n) is 3.85. The van der Waals surface area contributed by atoms with Crippen LogP contribution in [0.2, 0.25) is 0 Å². The van der Waals surface area contributed by atoms with Crippen LogP contribution in [0.1, 0.15) is 32.3 Å². The van der Waals surface area contributed by atoms with E-state index < -0.39 is 0 Å². The summed E-state index contributed by atoms with van der Waals surface area (Å²) in [5.74, 6) is 1.57. The molecule has 1 unspecified atom stereocenters. The zero-order valence-electron chi connectivity index (χ0n) is 12.6. The average Bonchev–Trinajstić information content (AvgIpc) is 2.47. The number of rotatable bonds is 3. The molecule has 0 bridgehead atoms. The summed E-state index contributed by atoms with van der Waals surface area (Å²) in [6.07, 6.45) is 4.09. The molecule has 0 spiro atoms. The van der Waals surface area contributed by atoms with Crippen molar-refractivity contribution in [3.63, 3.8) is 0 Å². The molecule has 1 heterocycles. The topological polar surface area (TPSA) is 29.5 Å². The predicted octanol–water partition coefficient (Wildman–Crippen LogP) is 3.36. The largest absolute Gasteiger partial charge is 0.497 e. The molecule has 3 nitrogen and oxygen atoms in total. The number of amides is 1. The quantitative estimate of drug-likeness (QED) is 0.790. The minimum Gasteiger partial charge on any atom is -0.497 e. The number of nitrogens with zero attached hydrogens (tertiary/aromatic N) is 1. The maximum atomic E-state index is 12.3. The molecule has 1 aromatic carbocycles. The molecule has 1 aliphatic rings. The van der Waals surface area contributed by atoms with Crippen LogP contribution in [0.5, 0.6) is 5.75 Å². The van der Waals surface area contributed by atoms with Gasteiger partial charge in [-0.15, -0.1) is 0 Å². The van der Waals surface area contributed by atoms with Crippen molar-refractivity contribution in [2.45, 2.75) is 26.7 Å². The smallest absolute Gasteiger partial charge is 0.246 e. The van der Waals surface area contributed by atoms with Crippen molar-refractivity contribution in [2.24, 2.45) is 5.92 Å². The van der Waals surface area contributed by atoms with E-state index in [1.807, 2.05) is 36.1 Å². The van der Waals surface area contributed by atoms with E-state index in [4.69, 9.17) is 4.74 Å². The lowest BCUT2D eigenvalue weighted by Crippen LogP contribution is -2.38. The van der Waals surface area contributed by atoms with Crippen molar-refractivity contribution >= 4 is 11.5 Å². The molecule has 0 radical (unpaired) electrons. The van der Waals surface area contributed by atoms with Gasteiger partial charge in [0.1, 0.15) is 5.75 Å². The summed E-state index contributed by atoms with van der Waals surface area (Å²) in [4.78, 5) is 14.2. The third kappa shape index (κ3) is 3.62. The highest BCUT2D eigenvalue weighted by molar-refractivity contribution is 5.94. The van der Waals surface area contributed by atoms with Crippen molar-refractivity contribution in [3.8, 4) is 5.75 Å². The van der Waals surface area contributed by atoms with Gasteiger partial charge >= 0.3 is 0 Å². The number of hydrogen-bond donors (Lipinski definition) is 0. The van der Waals surface area contributed by atoms with Crippen molar-refractivity contribution in [1.82, 2.24) is 4.90 Å². The van der Waals surface area contributed by atoms with Crippen molar-refractivity contribution < 1.29 is 9.53 Å². The summed E-state index contributed by atoms with van der Waals surface area (Å²) in [5, 5.41) is 0. The van der Waals surface area contributed by atoms with E-state index in [1.165, 1.54) is 6.42 Å². The second kappa shape index (κ2) is 6.60. The molecule has 108 valence electrons. The molecule has 1 amide bonds. The van der Waals surface area contributed by atoms with Gasteiger partial charge in [0.15, 0.2) is 0 Å². The number of likely N-dealkylation sites (tertiary alicyclic amines) is 1. The monoisotopic (exact) mass is 273 g/mol. The van der Waals surface area contributed by atoms with E-state index in [-0.39, 0.29) is 5.91 Å². The third-order valence-corrected chi connectivity index (χ3v) is 3.85. The molecule has 0 N–H and O–H groups in total. The number of benzene rings is 1. The van der Waals surface area contributed by atoms with Crippen molar-refractivity contribution in [3.05, 3.63) is 35.9 Å². The van der Waals surface area contributed by atoms with Crippen LogP contribution in [-0.2, 0) is 4.79 Å². The normalized spacial score (nSPS) is 19.9. The fourth-order valence-electron chi connectivity index (χ4n) is 2.60. The summed E-state index contributed by atoms with van der Waals surface area (Å²) < 4.78 is 5.14. The number of ether oxygens (including phenoxy) is 1. The highest BCUT2D eigenvalue weighted by Crippen LogP contribution is 2.20. The molecule has 2 rings (SSSR count). The fourth-order valence-corrected chi connectivity index (χ4v) is 2.60. The lowest BCUT2D eigenvalue weighted by molar-refractivity contribution is -0.127. The first-order valence-corrected chi connectivity index (χ1v) is 7.22. The standard InChI is InChI=1S/C17H23NO2/c1-13-5-4-10-18(12-13)17(19)11-14(2)15-6-8-16(20-3)9-7-15/h6-9,11,13H,4-5,10,12H2,1-3H3/b14-11+. The number of carbonyl (C=O) groups excluding carboxylic acids is 1. The van der Waals surface area contributed by atoms with Gasteiger partial charge in [0.25, 0.3) is 0 Å². The minimum atomic E-state index is 0.130. The van der Waals surface area contributed by atoms with Gasteiger partial charge in [-0.1, -0.05) is 19.1 Å². The number of allylic oxidation sites excluding steroid dienone is 1. The first-order valence-electron chi connectivity index (χ1n) is 7.22. The zero-order valence-corrected chi connectivity index (χ0v) is 12.6. The first-order chi connectivity index (χ1) is 9.60. The van der Waals surface area contributed by atoms with Gasteiger partial charge in [0.05, 0.1) is 7.11 Å². The van der Waals surface area contributed by atoms with Crippen LogP contribution in [0, 0.1) is 5.92 Å². The first kappa shape index (κ1) is 14.6. The van der Waals surface area contributed by atoms with E-state index in [1.54, 1.807) is 13.2 Å². The Balaban J connectivity index is 2.06. The molecule has 1 atom stereocenters. The summed E-state index contributed by atoms with van der Waals surface area (Å²) in [6, 6.07) is 7.80. The Morgan fingerprint density at radius 1 is 1.35 bits per heavy atom. The Morgan fingerprint density at radius 3 is 2.65 bits per heavy atom. The highest BCUT2D eigenvalue weighted by atomic mass is 16.5. The summed E-state index contributed by atoms with van der Waals surface area (Å²) in [6.45, 7) is 5.95. The molecule has 1 saturated heterocycles. The van der Waals surface area contributed by atoms with Crippen LogP contribution >= 0.6 is 0 Å². The van der Waals surface area contributed by atoms with E-state index in [2.05, 4.69) is 6.92 Å². The second-order valence-electron chi connectivity index (χ2n) is 5.59. The molecule has 1 aliphatic heterocycles. The Hall–Kier alpha value is -1.77. The molecule has 3 heteroatoms. The molecule has 1 fully saturated rings. The average molecular weight is 273 g/mol. The highest BCUT2D eigenvalue weighted by Gasteiger charge is 2.19. The zero-order chi connectivity index (χ0) is 14.5. The number of hydrogen-bond acceptors (Lipinski definition) is 2. The van der Waals surface area contributed by atoms with Crippen LogP contribution < -0.4 is 4.74 Å². The molecule has 0 aromatic heterocycles. The molecule has 0 aliphatic carbocycles. The molecule has 0 saturated carbocycles. The van der Waals surface area contributed by atoms with E-state index in [0.717, 1.165) is 36.4 Å². The maximum Gasteiger partial charge on any atom is 0.246 e. The van der Waals surface area contributed by atoms with Gasteiger partial charge < -0.3 is 9.64 Å². The van der Waals surface area contributed by atoms with Crippen LogP contribution in [0.15, 0.2) is 30.3 Å². The van der Waals surface area contributed by atoms with E-state index >= 15 is 0 Å². The number of methoxy groups -OCH3 is 1. The Morgan fingerprint density at radius 2 is 2.05 bits per heavy atom. The van der Waals surface area contributed by atoms with Crippen LogP contribution in [0.4, 0.5) is 0 Å². The Labute approximate surface area is 121 Å². The van der Waals surface area contributed by atoms with Gasteiger partial charge in [-0.3, -0.25) is 4.79 Å². The Kier molecular flexibility index (Phi) is 4.83. The van der Waals surface area contributed by atoms with Gasteiger partial charge in [-0.2, -0.15) is 0 Å². The fraction of sp³-hybridized carbons (Fsp3) is 0.471. The predicted molar refractivity (Wildman–Crippen MR) is 81.6 cm³/mol. The van der Waals surface area contributed by atoms with E-state index in [0.29, 0.717) is 5.92 Å². The summed E-state index contributed by atoms with van der Waals surface area (Å²) in [7, 11) is 1.65. The summed E-state index contributed by atoms with van der Waals surface area (Å²) >= 11 is 0. The van der Waals surface area contributed by atoms with E-state index in [9.17, 15) is 4.79 Å². The van der Waals surface area contributed by atoms with Crippen LogP contribution in [0.3, 0.4) is 0 Å². The minimum absolute atomic E-state index is 0.130. The van der Waals surface area contributed by atoms with Crippen LogP contribution in [0.25, 0.3) is 5.57 Å². The maximum absolute atomic E-state index is 12.3. The van der Waals surface area contributed by atoms with Crippen molar-refractivity contribution in [2.75, 3.05) is 20.2 Å². The molecule has 20 heavy (non-hydrogen) atoms. The van der Waals surface area contributed by atoms with Gasteiger partial charge in [-0.25, -0.2) is 0 Å².